The molecule has 2 aromatic rings. The van der Waals surface area contributed by atoms with Crippen molar-refractivity contribution in [2.24, 2.45) is 0 Å². The largest absolute Gasteiger partial charge is 0.490 e. The number of carbonyl (C=O) groups excluding carboxylic acids is 1. The minimum Gasteiger partial charge on any atom is -0.490 e. The average molecular weight is 391 g/mol. The Morgan fingerprint density at radius 1 is 1.04 bits per heavy atom. The number of benzene rings is 2. The van der Waals surface area contributed by atoms with Crippen LogP contribution in [0, 0.1) is 6.92 Å². The van der Waals surface area contributed by atoms with Gasteiger partial charge in [-0.25, -0.2) is 0 Å². The summed E-state index contributed by atoms with van der Waals surface area (Å²) in [6.07, 6.45) is 0.730. The van der Waals surface area contributed by atoms with E-state index in [9.17, 15) is 4.79 Å². The molecule has 0 fully saturated rings. The highest BCUT2D eigenvalue weighted by atomic mass is 35.5. The molecular weight excluding hydrogens is 364 g/mol. The van der Waals surface area contributed by atoms with Gasteiger partial charge in [0.1, 0.15) is 25.2 Å². The van der Waals surface area contributed by atoms with Gasteiger partial charge >= 0.3 is 0 Å². The number of para-hydroxylation sites is 1. The first kappa shape index (κ1) is 21.1. The van der Waals surface area contributed by atoms with Crippen molar-refractivity contribution in [3.05, 3.63) is 52.0 Å². The van der Waals surface area contributed by atoms with Gasteiger partial charge in [-0.05, 0) is 42.5 Å². The molecule has 0 saturated heterocycles. The van der Waals surface area contributed by atoms with E-state index in [1.165, 1.54) is 0 Å². The third-order valence-corrected chi connectivity index (χ3v) is 4.34. The lowest BCUT2D eigenvalue weighted by molar-refractivity contribution is 0.112. The lowest BCUT2D eigenvalue weighted by Crippen LogP contribution is -2.17. The Morgan fingerprint density at radius 3 is 2.30 bits per heavy atom. The minimum atomic E-state index is -0.0156. The molecule has 2 rings (SSSR count). The first-order valence-corrected chi connectivity index (χ1v) is 9.43. The van der Waals surface area contributed by atoms with Crippen LogP contribution in [0.5, 0.6) is 17.2 Å². The quantitative estimate of drug-likeness (QED) is 0.433. The van der Waals surface area contributed by atoms with E-state index >= 15 is 0 Å². The molecule has 0 saturated carbocycles. The van der Waals surface area contributed by atoms with Crippen molar-refractivity contribution >= 4 is 17.9 Å². The van der Waals surface area contributed by atoms with Crippen LogP contribution in [0.3, 0.4) is 0 Å². The molecule has 0 unspecified atom stereocenters. The molecule has 0 bridgehead atoms. The number of aldehydes is 1. The molecule has 0 aliphatic rings. The van der Waals surface area contributed by atoms with Crippen molar-refractivity contribution in [1.29, 1.82) is 0 Å². The Morgan fingerprint density at radius 2 is 1.70 bits per heavy atom. The second kappa shape index (κ2) is 9.14. The van der Waals surface area contributed by atoms with Crippen molar-refractivity contribution in [2.45, 2.75) is 40.0 Å². The van der Waals surface area contributed by atoms with Crippen molar-refractivity contribution in [2.75, 3.05) is 19.8 Å². The first-order valence-electron chi connectivity index (χ1n) is 9.05. The molecule has 2 aromatic carbocycles. The molecule has 0 N–H and O–H groups in total. The predicted octanol–water partition coefficient (Wildman–Crippen LogP) is 5.61. The molecule has 0 spiro atoms. The second-order valence-corrected chi connectivity index (χ2v) is 7.69. The Bertz CT molecular complexity index is 794. The van der Waals surface area contributed by atoms with Crippen LogP contribution in [0.4, 0.5) is 0 Å². The summed E-state index contributed by atoms with van der Waals surface area (Å²) in [6, 6.07) is 9.35. The zero-order chi connectivity index (χ0) is 20.0. The summed E-state index contributed by atoms with van der Waals surface area (Å²) >= 11 is 6.25. The summed E-state index contributed by atoms with van der Waals surface area (Å²) < 4.78 is 17.4. The average Bonchev–Trinajstić information content (AvgIpc) is 2.60. The molecule has 4 nitrogen and oxygen atoms in total. The Balaban J connectivity index is 2.09. The first-order chi connectivity index (χ1) is 12.8. The van der Waals surface area contributed by atoms with Crippen LogP contribution in [-0.2, 0) is 5.41 Å². The normalized spacial score (nSPS) is 11.2. The van der Waals surface area contributed by atoms with Crippen LogP contribution in [-0.4, -0.2) is 26.1 Å². The number of rotatable bonds is 8. The fourth-order valence-electron chi connectivity index (χ4n) is 2.78. The molecule has 0 amide bonds. The standard InChI is InChI=1S/C22H27ClO4/c1-6-25-19-13-16(14-24)12-18(23)21(19)27-11-10-26-20-15(2)8-7-9-17(20)22(3,4)5/h7-9,12-14H,6,10-11H2,1-5H3. The lowest BCUT2D eigenvalue weighted by Gasteiger charge is -2.24. The Labute approximate surface area is 166 Å². The summed E-state index contributed by atoms with van der Waals surface area (Å²) in [5.41, 5.74) is 2.68. The summed E-state index contributed by atoms with van der Waals surface area (Å²) in [5.74, 6) is 1.77. The number of hydrogen-bond acceptors (Lipinski definition) is 4. The molecule has 0 aromatic heterocycles. The Kier molecular flexibility index (Phi) is 7.14. The number of carbonyl (C=O) groups is 1. The van der Waals surface area contributed by atoms with Crippen LogP contribution < -0.4 is 14.2 Å². The third kappa shape index (κ3) is 5.39. The van der Waals surface area contributed by atoms with Crippen molar-refractivity contribution in [3.63, 3.8) is 0 Å². The molecule has 0 aliphatic heterocycles. The van der Waals surface area contributed by atoms with Gasteiger partial charge in [0.25, 0.3) is 0 Å². The van der Waals surface area contributed by atoms with Crippen LogP contribution in [0.1, 0.15) is 49.2 Å². The molecule has 0 radical (unpaired) electrons. The van der Waals surface area contributed by atoms with Crippen LogP contribution in [0.25, 0.3) is 0 Å². The van der Waals surface area contributed by atoms with E-state index in [2.05, 4.69) is 26.8 Å². The van der Waals surface area contributed by atoms with Crippen LogP contribution in [0.2, 0.25) is 5.02 Å². The number of hydrogen-bond donors (Lipinski definition) is 0. The van der Waals surface area contributed by atoms with Crippen molar-refractivity contribution in [3.8, 4) is 17.2 Å². The summed E-state index contributed by atoms with van der Waals surface area (Å²) in [6.45, 7) is 11.5. The number of halogens is 1. The van der Waals surface area contributed by atoms with Gasteiger partial charge in [0, 0.05) is 5.56 Å². The van der Waals surface area contributed by atoms with E-state index in [1.807, 2.05) is 26.0 Å². The van der Waals surface area contributed by atoms with E-state index in [0.29, 0.717) is 41.9 Å². The maximum Gasteiger partial charge on any atom is 0.179 e. The zero-order valence-electron chi connectivity index (χ0n) is 16.6. The molecular formula is C22H27ClO4. The van der Waals surface area contributed by atoms with Gasteiger partial charge in [-0.3, -0.25) is 4.79 Å². The summed E-state index contributed by atoms with van der Waals surface area (Å²) in [4.78, 5) is 11.0. The predicted molar refractivity (Wildman–Crippen MR) is 109 cm³/mol. The van der Waals surface area contributed by atoms with Gasteiger partial charge in [0.05, 0.1) is 11.6 Å². The summed E-state index contributed by atoms with van der Waals surface area (Å²) in [5, 5.41) is 0.342. The van der Waals surface area contributed by atoms with E-state index < -0.39 is 0 Å². The number of ether oxygens (including phenoxy) is 3. The lowest BCUT2D eigenvalue weighted by atomic mass is 9.85. The SMILES string of the molecule is CCOc1cc(C=O)cc(Cl)c1OCCOc1c(C)cccc1C(C)(C)C. The molecule has 5 heteroatoms. The minimum absolute atomic E-state index is 0.0156. The van der Waals surface area contributed by atoms with Crippen LogP contribution in [0.15, 0.2) is 30.3 Å². The Hall–Kier alpha value is -2.20. The third-order valence-electron chi connectivity index (χ3n) is 4.06. The van der Waals surface area contributed by atoms with Gasteiger partial charge in [0.15, 0.2) is 11.5 Å². The maximum atomic E-state index is 11.0. The smallest absolute Gasteiger partial charge is 0.179 e. The van der Waals surface area contributed by atoms with Gasteiger partial charge in [-0.1, -0.05) is 50.6 Å². The van der Waals surface area contributed by atoms with Gasteiger partial charge in [-0.15, -0.1) is 0 Å². The van der Waals surface area contributed by atoms with Gasteiger partial charge in [0.2, 0.25) is 0 Å². The van der Waals surface area contributed by atoms with E-state index in [0.717, 1.165) is 23.2 Å². The molecule has 0 heterocycles. The van der Waals surface area contributed by atoms with E-state index in [4.69, 9.17) is 25.8 Å². The van der Waals surface area contributed by atoms with Crippen molar-refractivity contribution < 1.29 is 19.0 Å². The van der Waals surface area contributed by atoms with E-state index in [1.54, 1.807) is 12.1 Å². The maximum absolute atomic E-state index is 11.0. The van der Waals surface area contributed by atoms with Crippen LogP contribution >= 0.6 is 11.6 Å². The fourth-order valence-corrected chi connectivity index (χ4v) is 3.05. The number of aryl methyl sites for hydroxylation is 1. The fraction of sp³-hybridized carbons (Fsp3) is 0.409. The molecule has 146 valence electrons. The van der Waals surface area contributed by atoms with Crippen molar-refractivity contribution in [1.82, 2.24) is 0 Å². The second-order valence-electron chi connectivity index (χ2n) is 7.28. The van der Waals surface area contributed by atoms with Gasteiger partial charge in [-0.2, -0.15) is 0 Å². The highest BCUT2D eigenvalue weighted by Crippen LogP contribution is 2.37. The monoisotopic (exact) mass is 390 g/mol. The highest BCUT2D eigenvalue weighted by Gasteiger charge is 2.20. The summed E-state index contributed by atoms with van der Waals surface area (Å²) in [7, 11) is 0. The van der Waals surface area contributed by atoms with E-state index in [-0.39, 0.29) is 5.41 Å². The van der Waals surface area contributed by atoms with Gasteiger partial charge < -0.3 is 14.2 Å². The molecule has 0 atom stereocenters. The molecule has 0 aliphatic carbocycles. The zero-order valence-corrected chi connectivity index (χ0v) is 17.4. The molecule has 27 heavy (non-hydrogen) atoms. The topological polar surface area (TPSA) is 44.8 Å². The highest BCUT2D eigenvalue weighted by molar-refractivity contribution is 6.32.